The number of ether oxygens (including phenoxy) is 1. The van der Waals surface area contributed by atoms with Crippen molar-refractivity contribution in [2.45, 2.75) is 167 Å². The number of allylic oxidation sites excluding steroid dienone is 5. The summed E-state index contributed by atoms with van der Waals surface area (Å²) < 4.78 is 6.24. The van der Waals surface area contributed by atoms with E-state index in [1.54, 1.807) is 7.05 Å². The monoisotopic (exact) mass is 832 g/mol. The highest BCUT2D eigenvalue weighted by Crippen LogP contribution is 2.30. The van der Waals surface area contributed by atoms with Crippen molar-refractivity contribution >= 4 is 29.5 Å². The van der Waals surface area contributed by atoms with E-state index in [1.807, 2.05) is 87.4 Å². The van der Waals surface area contributed by atoms with Crippen molar-refractivity contribution in [2.75, 3.05) is 43.5 Å². The first-order valence-electron chi connectivity index (χ1n) is 23.2. The van der Waals surface area contributed by atoms with E-state index in [-0.39, 0.29) is 5.91 Å². The number of amides is 2. The van der Waals surface area contributed by atoms with Crippen LogP contribution in [0.2, 0.25) is 0 Å². The van der Waals surface area contributed by atoms with E-state index < -0.39 is 5.54 Å². The summed E-state index contributed by atoms with van der Waals surface area (Å²) in [5, 5.41) is 9.23. The van der Waals surface area contributed by atoms with Gasteiger partial charge in [-0.05, 0) is 113 Å². The Labute approximate surface area is 369 Å². The molecule has 60 heavy (non-hydrogen) atoms. The molecule has 0 bridgehead atoms. The maximum Gasteiger partial charge on any atom is 0.252 e. The van der Waals surface area contributed by atoms with Crippen molar-refractivity contribution in [2.24, 2.45) is 10.9 Å². The zero-order valence-electron chi connectivity index (χ0n) is 41.2. The summed E-state index contributed by atoms with van der Waals surface area (Å²) in [6.07, 6.45) is 17.5. The van der Waals surface area contributed by atoms with E-state index in [1.165, 1.54) is 42.4 Å². The number of aryl methyl sites for hydroxylation is 1. The van der Waals surface area contributed by atoms with Gasteiger partial charge >= 0.3 is 0 Å². The maximum absolute atomic E-state index is 14.0. The Morgan fingerprint density at radius 2 is 1.63 bits per heavy atom. The van der Waals surface area contributed by atoms with E-state index >= 15 is 0 Å². The van der Waals surface area contributed by atoms with Gasteiger partial charge in [0.25, 0.3) is 5.91 Å². The molecule has 2 aromatic rings. The molecule has 3 rings (SSSR count). The van der Waals surface area contributed by atoms with E-state index in [4.69, 9.17) is 4.74 Å². The molecule has 0 aromatic heterocycles. The molecule has 1 unspecified atom stereocenters. The molecule has 0 aliphatic carbocycles. The van der Waals surface area contributed by atoms with Crippen LogP contribution < -0.4 is 20.9 Å². The smallest absolute Gasteiger partial charge is 0.252 e. The molecule has 0 saturated heterocycles. The Balaban J connectivity index is 0. The van der Waals surface area contributed by atoms with Gasteiger partial charge in [0.1, 0.15) is 12.4 Å². The number of anilines is 2. The first-order chi connectivity index (χ1) is 28.9. The van der Waals surface area contributed by atoms with Crippen molar-refractivity contribution in [3.8, 4) is 0 Å². The number of carbonyl (C=O) groups excluding carboxylic acids is 2. The van der Waals surface area contributed by atoms with Crippen LogP contribution in [0.25, 0.3) is 0 Å². The van der Waals surface area contributed by atoms with Gasteiger partial charge in [-0.25, -0.2) is 0 Å². The number of amidine groups is 1. The summed E-state index contributed by atoms with van der Waals surface area (Å²) in [6, 6.07) is 14.5. The second-order valence-corrected chi connectivity index (χ2v) is 15.0. The Kier molecular flexibility index (Phi) is 34.1. The number of unbranched alkanes of at least 4 members (excludes halogenated alkanes) is 2. The maximum atomic E-state index is 14.0. The van der Waals surface area contributed by atoms with Gasteiger partial charge in [0.2, 0.25) is 6.41 Å². The zero-order chi connectivity index (χ0) is 45.9. The molecule has 0 radical (unpaired) electrons. The largest absolute Gasteiger partial charge is 0.496 e. The molecule has 8 nitrogen and oxygen atoms in total. The van der Waals surface area contributed by atoms with Crippen LogP contribution in [0.3, 0.4) is 0 Å². The van der Waals surface area contributed by atoms with Gasteiger partial charge < -0.3 is 25.6 Å². The third-order valence-corrected chi connectivity index (χ3v) is 9.76. The lowest BCUT2D eigenvalue weighted by Crippen LogP contribution is -2.52. The molecule has 1 atom stereocenters. The molecule has 0 spiro atoms. The number of hydrogen-bond acceptors (Lipinski definition) is 5. The quantitative estimate of drug-likeness (QED) is 0.0515. The fourth-order valence-electron chi connectivity index (χ4n) is 6.57. The molecule has 0 saturated carbocycles. The van der Waals surface area contributed by atoms with Crippen molar-refractivity contribution in [3.05, 3.63) is 94.3 Å². The minimum absolute atomic E-state index is 0.121. The van der Waals surface area contributed by atoms with Gasteiger partial charge in [0.15, 0.2) is 0 Å². The fourth-order valence-corrected chi connectivity index (χ4v) is 6.57. The van der Waals surface area contributed by atoms with E-state index in [2.05, 4.69) is 103 Å². The predicted octanol–water partition coefficient (Wildman–Crippen LogP) is 13.4. The predicted molar refractivity (Wildman–Crippen MR) is 265 cm³/mol. The summed E-state index contributed by atoms with van der Waals surface area (Å²) in [5.41, 5.74) is 7.06. The number of hydrogen-bond donors (Lipinski definition) is 3. The molecular weight excluding hydrogens is 743 g/mol. The average Bonchev–Trinajstić information content (AvgIpc) is 3.25. The molecule has 1 aliphatic heterocycles. The van der Waals surface area contributed by atoms with Crippen LogP contribution in [0.5, 0.6) is 0 Å². The second kappa shape index (κ2) is 35.4. The fraction of sp³-hybridized carbons (Fsp3) is 0.596. The number of nitrogens with one attached hydrogen (secondary N) is 3. The van der Waals surface area contributed by atoms with Gasteiger partial charge in [-0.15, -0.1) is 0 Å². The SMILES string of the molecule is CC.CC.CC.CCCCCC(CC)Cc1ccc(C(=O)NC(C)(C)C(=NC)Nc2cccc(C)c2)cc1N1CCO/C(C)=C/C(CC)=CC/C=C(\C)C1.CCCNC=O. The average molecular weight is 832 g/mol. The highest BCUT2D eigenvalue weighted by atomic mass is 16.5. The Morgan fingerprint density at radius 1 is 0.933 bits per heavy atom. The molecule has 3 N–H and O–H groups in total. The van der Waals surface area contributed by atoms with E-state index in [9.17, 15) is 9.59 Å². The van der Waals surface area contributed by atoms with Crippen LogP contribution in [0, 0.1) is 12.8 Å². The molecule has 1 aliphatic rings. The number of aliphatic imine (C=N–C) groups is 1. The Hall–Kier alpha value is -4.33. The van der Waals surface area contributed by atoms with Crippen LogP contribution in [0.15, 0.2) is 82.6 Å². The van der Waals surface area contributed by atoms with Crippen LogP contribution in [-0.4, -0.2) is 57.0 Å². The van der Waals surface area contributed by atoms with E-state index in [0.717, 1.165) is 74.4 Å². The summed E-state index contributed by atoms with van der Waals surface area (Å²) >= 11 is 0. The van der Waals surface area contributed by atoms with Crippen molar-refractivity contribution in [1.29, 1.82) is 0 Å². The number of benzene rings is 2. The van der Waals surface area contributed by atoms with Crippen LogP contribution in [-0.2, 0) is 16.0 Å². The normalized spacial score (nSPS) is 15.3. The van der Waals surface area contributed by atoms with Crippen molar-refractivity contribution in [3.63, 3.8) is 0 Å². The lowest BCUT2D eigenvalue weighted by atomic mass is 9.90. The summed E-state index contributed by atoms with van der Waals surface area (Å²) in [6.45, 7) is 34.0. The summed E-state index contributed by atoms with van der Waals surface area (Å²) in [4.78, 5) is 30.4. The number of carbonyl (C=O) groups is 2. The third kappa shape index (κ3) is 23.5. The standard InChI is InChI=1S/C42H62N4O2.C4H9NO.3C2H6/c1-10-13-14-19-35(12-3)28-36-22-23-37(40(47)45-42(7,8)41(43-9)44-38-21-16-17-31(4)26-38)29-39(36)46-24-25-48-33(6)27-34(11-2)20-15-18-32(5)30-46;1-2-3-5-4-6;3*1-2/h16-18,20-23,26-27,29,35H,10-15,19,24-25,28,30H2,1-9H3,(H,43,44)(H,45,47);4H,2-3H2,1H3,(H,5,6);3*1-2H3/b32-18+,33-27+,34-20?;;;;. The molecule has 8 heteroatoms. The lowest BCUT2D eigenvalue weighted by Gasteiger charge is -2.31. The van der Waals surface area contributed by atoms with Crippen LogP contribution >= 0.6 is 0 Å². The van der Waals surface area contributed by atoms with Gasteiger partial charge in [-0.3, -0.25) is 14.6 Å². The van der Waals surface area contributed by atoms with Crippen molar-refractivity contribution in [1.82, 2.24) is 10.6 Å². The first kappa shape index (κ1) is 57.8. The van der Waals surface area contributed by atoms with Crippen LogP contribution in [0.4, 0.5) is 11.4 Å². The molecule has 2 aromatic carbocycles. The van der Waals surface area contributed by atoms with E-state index in [0.29, 0.717) is 30.3 Å². The Morgan fingerprint density at radius 3 is 2.20 bits per heavy atom. The molecule has 1 heterocycles. The van der Waals surface area contributed by atoms with Crippen LogP contribution in [0.1, 0.15) is 170 Å². The summed E-state index contributed by atoms with van der Waals surface area (Å²) in [7, 11) is 1.76. The molecule has 2 amide bonds. The molecule has 0 fully saturated rings. The minimum atomic E-state index is -0.726. The summed E-state index contributed by atoms with van der Waals surface area (Å²) in [5.74, 6) is 2.12. The topological polar surface area (TPSA) is 95.1 Å². The first-order valence-corrected chi connectivity index (χ1v) is 23.2. The highest BCUT2D eigenvalue weighted by Gasteiger charge is 2.28. The van der Waals surface area contributed by atoms with Gasteiger partial charge in [0.05, 0.1) is 17.8 Å². The van der Waals surface area contributed by atoms with Gasteiger partial charge in [-0.1, -0.05) is 137 Å². The zero-order valence-corrected chi connectivity index (χ0v) is 41.2. The second-order valence-electron chi connectivity index (χ2n) is 15.0. The lowest BCUT2D eigenvalue weighted by molar-refractivity contribution is -0.109. The molecular formula is C52H89N5O3. The third-order valence-electron chi connectivity index (χ3n) is 9.76. The Bertz CT molecular complexity index is 1570. The van der Waals surface area contributed by atoms with Gasteiger partial charge in [0, 0.05) is 37.1 Å². The molecule has 340 valence electrons. The number of rotatable bonds is 16. The minimum Gasteiger partial charge on any atom is -0.496 e. The van der Waals surface area contributed by atoms with Gasteiger partial charge in [-0.2, -0.15) is 0 Å². The highest BCUT2D eigenvalue weighted by molar-refractivity contribution is 6.06. The van der Waals surface area contributed by atoms with Crippen molar-refractivity contribution < 1.29 is 14.3 Å². The number of nitrogens with zero attached hydrogens (tertiary/aromatic N) is 2.